The lowest BCUT2D eigenvalue weighted by molar-refractivity contribution is -0.0149. The summed E-state index contributed by atoms with van der Waals surface area (Å²) in [6.07, 6.45) is 4.44. The van der Waals surface area contributed by atoms with Gasteiger partial charge in [-0.05, 0) is 63.4 Å². The van der Waals surface area contributed by atoms with Crippen molar-refractivity contribution in [2.45, 2.75) is 63.3 Å². The van der Waals surface area contributed by atoms with Crippen LogP contribution >= 0.6 is 0 Å². The molecule has 1 aliphatic heterocycles. The number of carbonyl (C=O) groups excluding carboxylic acids is 2. The van der Waals surface area contributed by atoms with Gasteiger partial charge in [0.2, 0.25) is 0 Å². The van der Waals surface area contributed by atoms with Crippen LogP contribution in [0.4, 0.5) is 5.69 Å². The molecule has 0 spiro atoms. The van der Waals surface area contributed by atoms with Crippen molar-refractivity contribution in [2.24, 2.45) is 13.0 Å². The summed E-state index contributed by atoms with van der Waals surface area (Å²) in [4.78, 5) is 34.6. The topological polar surface area (TPSA) is 143 Å². The standard InChI is InChI=1S/C33H45N5O7S/c1-23-18-38(24(2)21-39)33(41)28-17-27(35-46(42,43)31-20-36(4)22-34-31)14-15-29(28)45-25(3)11-9-10-16-44-30(23)19-37(5)32(40)26-12-7-6-8-13-26/h6-8,12-15,17,20,22-25,30,35,39H,9-11,16,18-19,21H2,1-5H3/t23-,24+,25-,30-/m1/s1. The lowest BCUT2D eigenvalue weighted by Gasteiger charge is -2.36. The smallest absolute Gasteiger partial charge is 0.280 e. The number of anilines is 1. The number of rotatable bonds is 8. The number of fused-ring (bicyclic) bond motifs is 1. The monoisotopic (exact) mass is 655 g/mol. The number of aliphatic hydroxyl groups excluding tert-OH is 1. The van der Waals surface area contributed by atoms with E-state index in [4.69, 9.17) is 9.47 Å². The highest BCUT2D eigenvalue weighted by atomic mass is 32.2. The van der Waals surface area contributed by atoms with E-state index in [0.29, 0.717) is 30.9 Å². The molecule has 4 rings (SSSR count). The Bertz CT molecular complexity index is 1580. The molecule has 2 heterocycles. The number of amides is 2. The highest BCUT2D eigenvalue weighted by molar-refractivity contribution is 7.92. The number of aromatic nitrogens is 2. The van der Waals surface area contributed by atoms with Crippen molar-refractivity contribution in [3.8, 4) is 5.75 Å². The summed E-state index contributed by atoms with van der Waals surface area (Å²) in [5.41, 5.74) is 0.901. The Morgan fingerprint density at radius 1 is 1.17 bits per heavy atom. The van der Waals surface area contributed by atoms with Crippen LogP contribution < -0.4 is 9.46 Å². The largest absolute Gasteiger partial charge is 0.490 e. The van der Waals surface area contributed by atoms with Gasteiger partial charge in [-0.1, -0.05) is 25.1 Å². The summed E-state index contributed by atoms with van der Waals surface area (Å²) < 4.78 is 42.7. The van der Waals surface area contributed by atoms with Gasteiger partial charge in [-0.15, -0.1) is 0 Å². The van der Waals surface area contributed by atoms with Crippen LogP contribution in [0.3, 0.4) is 0 Å². The molecule has 1 aromatic heterocycles. The number of hydrogen-bond acceptors (Lipinski definition) is 8. The summed E-state index contributed by atoms with van der Waals surface area (Å²) in [6.45, 7) is 6.31. The van der Waals surface area contributed by atoms with Crippen LogP contribution in [-0.4, -0.2) is 96.3 Å². The maximum absolute atomic E-state index is 14.3. The SMILES string of the molecule is C[C@@H]1CCCCO[C@H](CN(C)C(=O)c2ccccc2)[C@H](C)CN([C@@H](C)CO)C(=O)c2cc(NS(=O)(=O)c3cn(C)cn3)ccc2O1. The zero-order valence-corrected chi connectivity index (χ0v) is 27.9. The molecular formula is C33H45N5O7S. The number of aryl methyl sites for hydroxylation is 1. The van der Waals surface area contributed by atoms with Crippen molar-refractivity contribution < 1.29 is 32.6 Å². The molecular weight excluding hydrogens is 610 g/mol. The third-order valence-corrected chi connectivity index (χ3v) is 9.35. The summed E-state index contributed by atoms with van der Waals surface area (Å²) in [5, 5.41) is 10.0. The van der Waals surface area contributed by atoms with Gasteiger partial charge in [0.1, 0.15) is 5.75 Å². The summed E-state index contributed by atoms with van der Waals surface area (Å²) in [7, 11) is -0.618. The summed E-state index contributed by atoms with van der Waals surface area (Å²) in [6, 6.07) is 13.1. The predicted molar refractivity (Wildman–Crippen MR) is 174 cm³/mol. The lowest BCUT2D eigenvalue weighted by Crippen LogP contribution is -2.48. The first-order valence-electron chi connectivity index (χ1n) is 15.5. The van der Waals surface area contributed by atoms with Crippen molar-refractivity contribution in [1.82, 2.24) is 19.4 Å². The molecule has 0 saturated carbocycles. The van der Waals surface area contributed by atoms with E-state index in [1.807, 2.05) is 32.0 Å². The van der Waals surface area contributed by atoms with E-state index in [-0.39, 0.29) is 47.4 Å². The Labute approximate surface area is 271 Å². The van der Waals surface area contributed by atoms with Gasteiger partial charge in [0.05, 0.1) is 36.7 Å². The number of nitrogens with zero attached hydrogens (tertiary/aromatic N) is 4. The van der Waals surface area contributed by atoms with Gasteiger partial charge in [0.25, 0.3) is 21.8 Å². The number of nitrogens with one attached hydrogen (secondary N) is 1. The molecule has 1 aliphatic rings. The van der Waals surface area contributed by atoms with Crippen molar-refractivity contribution in [3.05, 3.63) is 72.2 Å². The Morgan fingerprint density at radius 3 is 2.59 bits per heavy atom. The molecule has 2 aromatic carbocycles. The minimum Gasteiger partial charge on any atom is -0.490 e. The highest BCUT2D eigenvalue weighted by Gasteiger charge is 2.31. The third-order valence-electron chi connectivity index (χ3n) is 8.08. The van der Waals surface area contributed by atoms with Crippen molar-refractivity contribution in [1.29, 1.82) is 0 Å². The van der Waals surface area contributed by atoms with Gasteiger partial charge in [-0.25, -0.2) is 4.98 Å². The molecule has 4 atom stereocenters. The Morgan fingerprint density at radius 2 is 1.91 bits per heavy atom. The molecule has 0 radical (unpaired) electrons. The quantitative estimate of drug-likeness (QED) is 0.373. The van der Waals surface area contributed by atoms with Crippen LogP contribution in [0.15, 0.2) is 66.1 Å². The first kappa shape index (κ1) is 34.9. The molecule has 2 amide bonds. The average molecular weight is 656 g/mol. The van der Waals surface area contributed by atoms with Gasteiger partial charge in [-0.2, -0.15) is 8.42 Å². The number of aliphatic hydroxyl groups is 1. The minimum atomic E-state index is -4.02. The molecule has 2 N–H and O–H groups in total. The molecule has 250 valence electrons. The second kappa shape index (κ2) is 15.6. The summed E-state index contributed by atoms with van der Waals surface area (Å²) >= 11 is 0. The lowest BCUT2D eigenvalue weighted by atomic mass is 10.0. The van der Waals surface area contributed by atoms with E-state index in [0.717, 1.165) is 12.8 Å². The minimum absolute atomic E-state index is 0.131. The van der Waals surface area contributed by atoms with Gasteiger partial charge in [0.15, 0.2) is 5.03 Å². The number of hydrogen-bond donors (Lipinski definition) is 2. The fourth-order valence-corrected chi connectivity index (χ4v) is 6.37. The van der Waals surface area contributed by atoms with Crippen LogP contribution in [0.2, 0.25) is 0 Å². The van der Waals surface area contributed by atoms with E-state index in [1.54, 1.807) is 55.1 Å². The molecule has 0 saturated heterocycles. The molecule has 3 aromatic rings. The van der Waals surface area contributed by atoms with E-state index < -0.39 is 28.1 Å². The van der Waals surface area contributed by atoms with E-state index in [2.05, 4.69) is 9.71 Å². The zero-order valence-electron chi connectivity index (χ0n) is 27.1. The second-order valence-corrected chi connectivity index (χ2v) is 13.7. The van der Waals surface area contributed by atoms with E-state index >= 15 is 0 Å². The fraction of sp³-hybridized carbons (Fsp3) is 0.485. The summed E-state index contributed by atoms with van der Waals surface area (Å²) in [5.74, 6) is -0.479. The number of benzene rings is 2. The van der Waals surface area contributed by atoms with Crippen molar-refractivity contribution in [2.75, 3.05) is 38.1 Å². The first-order valence-corrected chi connectivity index (χ1v) is 17.0. The number of carbonyl (C=O) groups is 2. The molecule has 0 aliphatic carbocycles. The molecule has 0 bridgehead atoms. The molecule has 0 fully saturated rings. The van der Waals surface area contributed by atoms with Crippen LogP contribution in [0.5, 0.6) is 5.75 Å². The van der Waals surface area contributed by atoms with Crippen LogP contribution in [-0.2, 0) is 21.8 Å². The van der Waals surface area contributed by atoms with E-state index in [1.165, 1.54) is 23.2 Å². The molecule has 12 nitrogen and oxygen atoms in total. The molecule has 46 heavy (non-hydrogen) atoms. The zero-order chi connectivity index (χ0) is 33.4. The Balaban J connectivity index is 1.66. The Kier molecular flexibility index (Phi) is 11.8. The number of sulfonamides is 1. The van der Waals surface area contributed by atoms with Gasteiger partial charge in [-0.3, -0.25) is 14.3 Å². The second-order valence-electron chi connectivity index (χ2n) is 12.0. The third kappa shape index (κ3) is 8.86. The average Bonchev–Trinajstić information content (AvgIpc) is 3.49. The maximum Gasteiger partial charge on any atom is 0.280 e. The van der Waals surface area contributed by atoms with Crippen LogP contribution in [0.1, 0.15) is 60.7 Å². The first-order chi connectivity index (χ1) is 21.9. The van der Waals surface area contributed by atoms with Crippen LogP contribution in [0.25, 0.3) is 0 Å². The van der Waals surface area contributed by atoms with Gasteiger partial charge >= 0.3 is 0 Å². The van der Waals surface area contributed by atoms with Gasteiger partial charge in [0, 0.05) is 57.2 Å². The van der Waals surface area contributed by atoms with Gasteiger partial charge < -0.3 is 28.9 Å². The molecule has 0 unspecified atom stereocenters. The van der Waals surface area contributed by atoms with Crippen molar-refractivity contribution >= 4 is 27.5 Å². The molecule has 13 heteroatoms. The predicted octanol–water partition coefficient (Wildman–Crippen LogP) is 3.79. The maximum atomic E-state index is 14.3. The number of ether oxygens (including phenoxy) is 2. The normalized spacial score (nSPS) is 20.6. The highest BCUT2D eigenvalue weighted by Crippen LogP contribution is 2.29. The van der Waals surface area contributed by atoms with E-state index in [9.17, 15) is 23.1 Å². The number of likely N-dealkylation sites (N-methyl/N-ethyl adjacent to an activating group) is 1. The fourth-order valence-electron chi connectivity index (χ4n) is 5.34. The Hall–Kier alpha value is -3.94. The van der Waals surface area contributed by atoms with Crippen molar-refractivity contribution in [3.63, 3.8) is 0 Å². The number of imidazole rings is 1. The van der Waals surface area contributed by atoms with Crippen LogP contribution in [0, 0.1) is 5.92 Å².